The molecular formula is C13H14F3N3O. The first-order chi connectivity index (χ1) is 9.39. The van der Waals surface area contributed by atoms with Gasteiger partial charge in [0.1, 0.15) is 5.75 Å². The molecule has 0 aliphatic heterocycles. The Kier molecular flexibility index (Phi) is 3.87. The Labute approximate surface area is 114 Å². The van der Waals surface area contributed by atoms with Crippen molar-refractivity contribution < 1.29 is 17.9 Å². The fourth-order valence-electron chi connectivity index (χ4n) is 1.84. The van der Waals surface area contributed by atoms with Gasteiger partial charge in [0.25, 0.3) is 0 Å². The minimum atomic E-state index is -4.75. The van der Waals surface area contributed by atoms with Crippen molar-refractivity contribution in [2.75, 3.05) is 5.73 Å². The van der Waals surface area contributed by atoms with E-state index in [0.29, 0.717) is 17.8 Å². The second-order valence-corrected chi connectivity index (χ2v) is 4.30. The molecule has 2 aromatic rings. The van der Waals surface area contributed by atoms with E-state index in [2.05, 4.69) is 9.84 Å². The number of hydrogen-bond acceptors (Lipinski definition) is 3. The fourth-order valence-corrected chi connectivity index (χ4v) is 1.84. The molecule has 7 heteroatoms. The normalized spacial score (nSPS) is 11.6. The van der Waals surface area contributed by atoms with Crippen LogP contribution in [0, 0.1) is 0 Å². The average molecular weight is 285 g/mol. The molecule has 0 aliphatic rings. The first-order valence-corrected chi connectivity index (χ1v) is 6.07. The molecule has 4 nitrogen and oxygen atoms in total. The van der Waals surface area contributed by atoms with Crippen LogP contribution in [0.25, 0.3) is 11.1 Å². The standard InChI is InChI=1S/C13H14F3N3O/c1-2-5-19-8-9(7-18-19)11-6-10(17)3-4-12(11)20-13(14,15)16/h3-4,6-8H,2,5,17H2,1H3. The lowest BCUT2D eigenvalue weighted by atomic mass is 10.1. The minimum absolute atomic E-state index is 0.268. The molecule has 0 fully saturated rings. The summed E-state index contributed by atoms with van der Waals surface area (Å²) in [4.78, 5) is 0. The van der Waals surface area contributed by atoms with E-state index < -0.39 is 6.36 Å². The lowest BCUT2D eigenvalue weighted by molar-refractivity contribution is -0.274. The van der Waals surface area contributed by atoms with Crippen LogP contribution in [0.3, 0.4) is 0 Å². The van der Waals surface area contributed by atoms with Crippen molar-refractivity contribution in [2.45, 2.75) is 26.3 Å². The maximum Gasteiger partial charge on any atom is 0.573 e. The summed E-state index contributed by atoms with van der Waals surface area (Å²) in [6.07, 6.45) is -0.705. The van der Waals surface area contributed by atoms with E-state index in [-0.39, 0.29) is 11.3 Å². The molecule has 2 rings (SSSR count). The summed E-state index contributed by atoms with van der Waals surface area (Å²) in [6.45, 7) is 2.68. The van der Waals surface area contributed by atoms with Crippen molar-refractivity contribution in [2.24, 2.45) is 0 Å². The molecule has 1 aromatic heterocycles. The monoisotopic (exact) mass is 285 g/mol. The smallest absolute Gasteiger partial charge is 0.405 e. The van der Waals surface area contributed by atoms with Crippen LogP contribution < -0.4 is 10.5 Å². The van der Waals surface area contributed by atoms with Crippen LogP contribution in [0.1, 0.15) is 13.3 Å². The summed E-state index contributed by atoms with van der Waals surface area (Å²) in [7, 11) is 0. The number of rotatable bonds is 4. The second kappa shape index (κ2) is 5.44. The third kappa shape index (κ3) is 3.43. The highest BCUT2D eigenvalue weighted by molar-refractivity contribution is 5.73. The Morgan fingerprint density at radius 1 is 1.35 bits per heavy atom. The first-order valence-electron chi connectivity index (χ1n) is 6.07. The second-order valence-electron chi connectivity index (χ2n) is 4.30. The summed E-state index contributed by atoms with van der Waals surface area (Å²) in [5, 5.41) is 4.09. The number of nitrogens with zero attached hydrogens (tertiary/aromatic N) is 2. The van der Waals surface area contributed by atoms with Gasteiger partial charge in [-0.1, -0.05) is 6.92 Å². The third-order valence-corrected chi connectivity index (χ3v) is 2.63. The zero-order chi connectivity index (χ0) is 14.8. The number of halogens is 3. The van der Waals surface area contributed by atoms with E-state index in [9.17, 15) is 13.2 Å². The predicted octanol–water partition coefficient (Wildman–Crippen LogP) is 3.44. The molecule has 108 valence electrons. The van der Waals surface area contributed by atoms with Crippen LogP contribution in [-0.4, -0.2) is 16.1 Å². The zero-order valence-corrected chi connectivity index (χ0v) is 10.8. The molecule has 0 radical (unpaired) electrons. The van der Waals surface area contributed by atoms with Crippen LogP contribution in [-0.2, 0) is 6.54 Å². The summed E-state index contributed by atoms with van der Waals surface area (Å²) >= 11 is 0. The topological polar surface area (TPSA) is 53.1 Å². The number of anilines is 1. The lowest BCUT2D eigenvalue weighted by Gasteiger charge is -2.12. The molecular weight excluding hydrogens is 271 g/mol. The summed E-state index contributed by atoms with van der Waals surface area (Å²) < 4.78 is 42.8. The van der Waals surface area contributed by atoms with Gasteiger partial charge >= 0.3 is 6.36 Å². The summed E-state index contributed by atoms with van der Waals surface area (Å²) in [5.74, 6) is -0.289. The third-order valence-electron chi connectivity index (χ3n) is 2.63. The number of aryl methyl sites for hydroxylation is 1. The van der Waals surface area contributed by atoms with E-state index in [1.54, 1.807) is 10.9 Å². The van der Waals surface area contributed by atoms with Gasteiger partial charge in [-0.15, -0.1) is 13.2 Å². The van der Waals surface area contributed by atoms with Crippen LogP contribution >= 0.6 is 0 Å². The summed E-state index contributed by atoms with van der Waals surface area (Å²) in [6, 6.07) is 4.00. The van der Waals surface area contributed by atoms with Gasteiger partial charge in [-0.3, -0.25) is 4.68 Å². The SMILES string of the molecule is CCCn1cc(-c2cc(N)ccc2OC(F)(F)F)cn1. The van der Waals surface area contributed by atoms with Crippen molar-refractivity contribution in [1.29, 1.82) is 0 Å². The van der Waals surface area contributed by atoms with E-state index in [0.717, 1.165) is 6.42 Å². The Morgan fingerprint density at radius 3 is 2.75 bits per heavy atom. The predicted molar refractivity (Wildman–Crippen MR) is 69.0 cm³/mol. The summed E-state index contributed by atoms with van der Waals surface area (Å²) in [5.41, 5.74) is 6.79. The number of ether oxygens (including phenoxy) is 1. The van der Waals surface area contributed by atoms with Gasteiger partial charge in [0.2, 0.25) is 0 Å². The van der Waals surface area contributed by atoms with Gasteiger partial charge in [-0.25, -0.2) is 0 Å². The van der Waals surface area contributed by atoms with Gasteiger partial charge in [0.05, 0.1) is 6.20 Å². The van der Waals surface area contributed by atoms with Crippen molar-refractivity contribution in [1.82, 2.24) is 9.78 Å². The van der Waals surface area contributed by atoms with Gasteiger partial charge < -0.3 is 10.5 Å². The average Bonchev–Trinajstić information content (AvgIpc) is 2.79. The van der Waals surface area contributed by atoms with Gasteiger partial charge in [-0.05, 0) is 24.6 Å². The highest BCUT2D eigenvalue weighted by Gasteiger charge is 2.32. The molecule has 0 unspecified atom stereocenters. The molecule has 0 aliphatic carbocycles. The Balaban J connectivity index is 2.40. The largest absolute Gasteiger partial charge is 0.573 e. The van der Waals surface area contributed by atoms with E-state index in [1.807, 2.05) is 6.92 Å². The van der Waals surface area contributed by atoms with E-state index >= 15 is 0 Å². The van der Waals surface area contributed by atoms with Crippen molar-refractivity contribution >= 4 is 5.69 Å². The number of benzene rings is 1. The van der Waals surface area contributed by atoms with Crippen LogP contribution in [0.2, 0.25) is 0 Å². The quantitative estimate of drug-likeness (QED) is 0.875. The first kappa shape index (κ1) is 14.2. The zero-order valence-electron chi connectivity index (χ0n) is 10.8. The molecule has 0 saturated heterocycles. The maximum atomic E-state index is 12.4. The van der Waals surface area contributed by atoms with Crippen molar-refractivity contribution in [3.63, 3.8) is 0 Å². The Bertz CT molecular complexity index is 593. The molecule has 0 saturated carbocycles. The lowest BCUT2D eigenvalue weighted by Crippen LogP contribution is -2.17. The van der Waals surface area contributed by atoms with Crippen LogP contribution in [0.5, 0.6) is 5.75 Å². The molecule has 20 heavy (non-hydrogen) atoms. The molecule has 1 aromatic carbocycles. The Hall–Kier alpha value is -2.18. The molecule has 0 spiro atoms. The van der Waals surface area contributed by atoms with Crippen molar-refractivity contribution in [3.05, 3.63) is 30.6 Å². The molecule has 0 atom stereocenters. The Morgan fingerprint density at radius 2 is 2.10 bits per heavy atom. The van der Waals surface area contributed by atoms with Gasteiger partial charge in [0, 0.05) is 29.6 Å². The van der Waals surface area contributed by atoms with E-state index in [4.69, 9.17) is 5.73 Å². The van der Waals surface area contributed by atoms with E-state index in [1.165, 1.54) is 24.4 Å². The van der Waals surface area contributed by atoms with Crippen LogP contribution in [0.15, 0.2) is 30.6 Å². The van der Waals surface area contributed by atoms with Crippen molar-refractivity contribution in [3.8, 4) is 16.9 Å². The number of hydrogen-bond donors (Lipinski definition) is 1. The number of nitrogens with two attached hydrogens (primary N) is 1. The van der Waals surface area contributed by atoms with Gasteiger partial charge in [0.15, 0.2) is 0 Å². The minimum Gasteiger partial charge on any atom is -0.405 e. The molecule has 2 N–H and O–H groups in total. The molecule has 1 heterocycles. The maximum absolute atomic E-state index is 12.4. The molecule has 0 amide bonds. The number of aromatic nitrogens is 2. The van der Waals surface area contributed by atoms with Gasteiger partial charge in [-0.2, -0.15) is 5.10 Å². The fraction of sp³-hybridized carbons (Fsp3) is 0.308. The highest BCUT2D eigenvalue weighted by atomic mass is 19.4. The number of alkyl halides is 3. The molecule has 0 bridgehead atoms. The highest BCUT2D eigenvalue weighted by Crippen LogP contribution is 2.35. The number of nitrogen functional groups attached to an aromatic ring is 1. The van der Waals surface area contributed by atoms with Crippen LogP contribution in [0.4, 0.5) is 18.9 Å².